The number of hydrogen-bond donors (Lipinski definition) is 2. The van der Waals surface area contributed by atoms with Gasteiger partial charge in [0.2, 0.25) is 0 Å². The molecule has 0 amide bonds. The van der Waals surface area contributed by atoms with Crippen LogP contribution in [0.15, 0.2) is 12.3 Å². The quantitative estimate of drug-likeness (QED) is 0.720. The van der Waals surface area contributed by atoms with E-state index in [0.717, 1.165) is 5.56 Å². The zero-order chi connectivity index (χ0) is 9.84. The largest absolute Gasteiger partial charge is 0.386 e. The summed E-state index contributed by atoms with van der Waals surface area (Å²) in [5.41, 5.74) is 7.21. The zero-order valence-corrected chi connectivity index (χ0v) is 7.82. The first-order valence-corrected chi connectivity index (χ1v) is 4.04. The third-order valence-corrected chi connectivity index (χ3v) is 1.90. The Morgan fingerprint density at radius 2 is 2.38 bits per heavy atom. The maximum Gasteiger partial charge on any atom is 0.129 e. The summed E-state index contributed by atoms with van der Waals surface area (Å²) in [5.74, 6) is 0.365. The van der Waals surface area contributed by atoms with Gasteiger partial charge in [0.1, 0.15) is 11.9 Å². The number of nitrogens with two attached hydrogens (primary N) is 1. The number of pyridine rings is 1. The van der Waals surface area contributed by atoms with E-state index in [1.807, 2.05) is 13.0 Å². The third kappa shape index (κ3) is 2.17. The summed E-state index contributed by atoms with van der Waals surface area (Å²) in [6.45, 7) is 2.11. The van der Waals surface area contributed by atoms with Crippen LogP contribution in [0.1, 0.15) is 17.2 Å². The van der Waals surface area contributed by atoms with Crippen LogP contribution in [0.2, 0.25) is 0 Å². The van der Waals surface area contributed by atoms with Crippen LogP contribution in [-0.2, 0) is 4.74 Å². The molecule has 0 saturated heterocycles. The van der Waals surface area contributed by atoms with E-state index in [1.54, 1.807) is 6.20 Å². The molecule has 0 bridgehead atoms. The lowest BCUT2D eigenvalue weighted by molar-refractivity contribution is 0.0643. The molecule has 3 N–H and O–H groups in total. The summed E-state index contributed by atoms with van der Waals surface area (Å²) >= 11 is 0. The van der Waals surface area contributed by atoms with E-state index in [4.69, 9.17) is 10.5 Å². The van der Waals surface area contributed by atoms with Crippen LogP contribution < -0.4 is 5.73 Å². The van der Waals surface area contributed by atoms with Crippen molar-refractivity contribution in [3.05, 3.63) is 23.4 Å². The molecule has 0 aliphatic rings. The average Bonchev–Trinajstić information content (AvgIpc) is 2.04. The fourth-order valence-electron chi connectivity index (χ4n) is 1.27. The predicted molar refractivity (Wildman–Crippen MR) is 50.2 cm³/mol. The number of nitrogen functional groups attached to an aromatic ring is 1. The summed E-state index contributed by atoms with van der Waals surface area (Å²) in [5, 5.41) is 9.64. The van der Waals surface area contributed by atoms with Gasteiger partial charge in [0.05, 0.1) is 6.61 Å². The van der Waals surface area contributed by atoms with Gasteiger partial charge in [0.25, 0.3) is 0 Å². The standard InChI is InChI=1S/C9H14N2O2/c1-6-3-4-11-9(10)8(6)7(12)5-13-2/h3-4,7,12H,5H2,1-2H3,(H2,10,11). The van der Waals surface area contributed by atoms with Gasteiger partial charge in [-0.05, 0) is 18.6 Å². The van der Waals surface area contributed by atoms with E-state index in [2.05, 4.69) is 4.98 Å². The summed E-state index contributed by atoms with van der Waals surface area (Å²) in [7, 11) is 1.53. The van der Waals surface area contributed by atoms with Crippen LogP contribution in [0.3, 0.4) is 0 Å². The normalized spacial score (nSPS) is 12.8. The van der Waals surface area contributed by atoms with Gasteiger partial charge in [0, 0.05) is 18.9 Å². The van der Waals surface area contributed by atoms with Gasteiger partial charge in [-0.3, -0.25) is 0 Å². The maximum absolute atomic E-state index is 9.64. The molecule has 4 nitrogen and oxygen atoms in total. The molecule has 0 saturated carbocycles. The van der Waals surface area contributed by atoms with Gasteiger partial charge in [0.15, 0.2) is 0 Å². The molecular formula is C9H14N2O2. The minimum atomic E-state index is -0.696. The van der Waals surface area contributed by atoms with Crippen molar-refractivity contribution in [1.29, 1.82) is 0 Å². The Kier molecular flexibility index (Phi) is 3.22. The van der Waals surface area contributed by atoms with E-state index in [1.165, 1.54) is 7.11 Å². The van der Waals surface area contributed by atoms with Gasteiger partial charge in [-0.15, -0.1) is 0 Å². The molecule has 1 heterocycles. The van der Waals surface area contributed by atoms with Gasteiger partial charge in [-0.2, -0.15) is 0 Å². The number of aromatic nitrogens is 1. The topological polar surface area (TPSA) is 68.4 Å². The fraction of sp³-hybridized carbons (Fsp3) is 0.444. The second kappa shape index (κ2) is 4.20. The van der Waals surface area contributed by atoms with Gasteiger partial charge in [-0.1, -0.05) is 0 Å². The Hall–Kier alpha value is -1.13. The lowest BCUT2D eigenvalue weighted by atomic mass is 10.1. The molecule has 1 atom stereocenters. The summed E-state index contributed by atoms with van der Waals surface area (Å²) in [4.78, 5) is 3.91. The highest BCUT2D eigenvalue weighted by atomic mass is 16.5. The van der Waals surface area contributed by atoms with E-state index < -0.39 is 6.10 Å². The zero-order valence-electron chi connectivity index (χ0n) is 7.82. The fourth-order valence-corrected chi connectivity index (χ4v) is 1.27. The van der Waals surface area contributed by atoms with E-state index >= 15 is 0 Å². The minimum absolute atomic E-state index is 0.233. The molecule has 72 valence electrons. The number of anilines is 1. The van der Waals surface area contributed by atoms with Crippen molar-refractivity contribution in [2.45, 2.75) is 13.0 Å². The number of aryl methyl sites for hydroxylation is 1. The van der Waals surface area contributed by atoms with Crippen molar-refractivity contribution in [2.75, 3.05) is 19.5 Å². The lowest BCUT2D eigenvalue weighted by Crippen LogP contribution is -2.10. The molecule has 1 aromatic heterocycles. The van der Waals surface area contributed by atoms with Crippen LogP contribution >= 0.6 is 0 Å². The van der Waals surface area contributed by atoms with Crippen LogP contribution in [0.25, 0.3) is 0 Å². The summed E-state index contributed by atoms with van der Waals surface area (Å²) in [6.07, 6.45) is 0.923. The first-order valence-electron chi connectivity index (χ1n) is 4.04. The summed E-state index contributed by atoms with van der Waals surface area (Å²) in [6, 6.07) is 1.81. The minimum Gasteiger partial charge on any atom is -0.386 e. The number of aliphatic hydroxyl groups is 1. The van der Waals surface area contributed by atoms with Gasteiger partial charge in [-0.25, -0.2) is 4.98 Å². The lowest BCUT2D eigenvalue weighted by Gasteiger charge is -2.13. The molecule has 0 radical (unpaired) electrons. The Morgan fingerprint density at radius 3 is 2.92 bits per heavy atom. The van der Waals surface area contributed by atoms with Gasteiger partial charge >= 0.3 is 0 Å². The van der Waals surface area contributed by atoms with Crippen molar-refractivity contribution < 1.29 is 9.84 Å². The monoisotopic (exact) mass is 182 g/mol. The van der Waals surface area contributed by atoms with Crippen LogP contribution in [-0.4, -0.2) is 23.8 Å². The Balaban J connectivity index is 2.98. The Labute approximate surface area is 77.4 Å². The maximum atomic E-state index is 9.64. The molecule has 1 aromatic rings. The smallest absolute Gasteiger partial charge is 0.129 e. The van der Waals surface area contributed by atoms with Crippen LogP contribution in [0.4, 0.5) is 5.82 Å². The highest BCUT2D eigenvalue weighted by Gasteiger charge is 2.13. The number of methoxy groups -OCH3 is 1. The summed E-state index contributed by atoms with van der Waals surface area (Å²) < 4.78 is 4.83. The number of aliphatic hydroxyl groups excluding tert-OH is 1. The number of rotatable bonds is 3. The van der Waals surface area contributed by atoms with E-state index in [-0.39, 0.29) is 6.61 Å². The molecule has 4 heteroatoms. The van der Waals surface area contributed by atoms with Crippen molar-refractivity contribution in [3.63, 3.8) is 0 Å². The van der Waals surface area contributed by atoms with Crippen molar-refractivity contribution in [3.8, 4) is 0 Å². The molecular weight excluding hydrogens is 168 g/mol. The highest BCUT2D eigenvalue weighted by molar-refractivity contribution is 5.45. The molecule has 0 spiro atoms. The van der Waals surface area contributed by atoms with Crippen molar-refractivity contribution >= 4 is 5.82 Å². The van der Waals surface area contributed by atoms with E-state index in [9.17, 15) is 5.11 Å². The van der Waals surface area contributed by atoms with Crippen molar-refractivity contribution in [1.82, 2.24) is 4.98 Å². The molecule has 1 unspecified atom stereocenters. The van der Waals surface area contributed by atoms with Crippen molar-refractivity contribution in [2.24, 2.45) is 0 Å². The second-order valence-corrected chi connectivity index (χ2v) is 2.90. The number of ether oxygens (including phenoxy) is 1. The third-order valence-electron chi connectivity index (χ3n) is 1.90. The van der Waals surface area contributed by atoms with Gasteiger partial charge < -0.3 is 15.6 Å². The molecule has 0 aliphatic carbocycles. The average molecular weight is 182 g/mol. The Bertz CT molecular complexity index is 269. The highest BCUT2D eigenvalue weighted by Crippen LogP contribution is 2.21. The molecule has 0 aliphatic heterocycles. The molecule has 0 fully saturated rings. The molecule has 0 aromatic carbocycles. The number of hydrogen-bond acceptors (Lipinski definition) is 4. The Morgan fingerprint density at radius 1 is 1.69 bits per heavy atom. The van der Waals surface area contributed by atoms with E-state index in [0.29, 0.717) is 11.4 Å². The second-order valence-electron chi connectivity index (χ2n) is 2.90. The van der Waals surface area contributed by atoms with Crippen LogP contribution in [0.5, 0.6) is 0 Å². The molecule has 13 heavy (non-hydrogen) atoms. The predicted octanol–water partition coefficient (Wildman–Crippen LogP) is 0.652. The molecule has 1 rings (SSSR count). The number of nitrogens with zero attached hydrogens (tertiary/aromatic N) is 1. The first kappa shape index (κ1) is 9.95. The first-order chi connectivity index (χ1) is 6.16. The van der Waals surface area contributed by atoms with Crippen LogP contribution in [0, 0.1) is 6.92 Å². The SMILES string of the molecule is COCC(O)c1c(C)ccnc1N.